The van der Waals surface area contributed by atoms with Crippen molar-refractivity contribution in [3.63, 3.8) is 0 Å². The van der Waals surface area contributed by atoms with Crippen molar-refractivity contribution in [3.8, 4) is 5.75 Å². The number of halogens is 3. The molecule has 0 aromatic heterocycles. The number of carbonyl (C=O) groups is 1. The van der Waals surface area contributed by atoms with E-state index in [0.717, 1.165) is 12.0 Å². The van der Waals surface area contributed by atoms with Crippen LogP contribution in [0.4, 0.5) is 13.2 Å². The Hall–Kier alpha value is -1.17. The maximum absolute atomic E-state index is 11.9. The highest BCUT2D eigenvalue weighted by molar-refractivity contribution is 7.95. The molecule has 0 spiro atoms. The van der Waals surface area contributed by atoms with Crippen LogP contribution >= 0.6 is 12.0 Å². The molecule has 1 aromatic rings. The molecule has 0 fully saturated rings. The van der Waals surface area contributed by atoms with Gasteiger partial charge in [0, 0.05) is 12.0 Å². The van der Waals surface area contributed by atoms with Crippen LogP contribution in [-0.4, -0.2) is 11.3 Å². The quantitative estimate of drug-likeness (QED) is 0.759. The fourth-order valence-electron chi connectivity index (χ4n) is 1.77. The Kier molecular flexibility index (Phi) is 3.33. The van der Waals surface area contributed by atoms with Crippen LogP contribution in [-0.2, 0) is 6.42 Å². The van der Waals surface area contributed by atoms with E-state index in [2.05, 4.69) is 4.18 Å². The van der Waals surface area contributed by atoms with Gasteiger partial charge in [-0.3, -0.25) is 4.79 Å². The molecule has 0 saturated carbocycles. The van der Waals surface area contributed by atoms with Crippen LogP contribution in [0.5, 0.6) is 5.75 Å². The van der Waals surface area contributed by atoms with Crippen LogP contribution < -0.4 is 4.18 Å². The van der Waals surface area contributed by atoms with Crippen molar-refractivity contribution in [3.05, 3.63) is 29.3 Å². The van der Waals surface area contributed by atoms with Crippen molar-refractivity contribution in [2.75, 3.05) is 0 Å². The van der Waals surface area contributed by atoms with E-state index in [1.807, 2.05) is 0 Å². The van der Waals surface area contributed by atoms with Crippen LogP contribution in [0, 0.1) is 0 Å². The van der Waals surface area contributed by atoms with Gasteiger partial charge in [-0.05, 0) is 36.6 Å². The SMILES string of the molecule is O=C1CCCc2cc(OSC(F)(F)F)ccc21. The lowest BCUT2D eigenvalue weighted by Gasteiger charge is -2.15. The molecule has 2 rings (SSSR count). The summed E-state index contributed by atoms with van der Waals surface area (Å²) in [5, 5.41) is 0. The largest absolute Gasteiger partial charge is 0.479 e. The van der Waals surface area contributed by atoms with Crippen LogP contribution in [0.15, 0.2) is 18.2 Å². The molecule has 0 atom stereocenters. The fourth-order valence-corrected chi connectivity index (χ4v) is 2.06. The average Bonchev–Trinajstić information content (AvgIpc) is 2.26. The molecule has 0 heterocycles. The minimum absolute atomic E-state index is 0.0428. The molecule has 0 aliphatic heterocycles. The van der Waals surface area contributed by atoms with E-state index >= 15 is 0 Å². The monoisotopic (exact) mass is 262 g/mol. The Labute approximate surface area is 100 Å². The lowest BCUT2D eigenvalue weighted by molar-refractivity contribution is -0.0369. The number of rotatable bonds is 2. The minimum Gasteiger partial charge on any atom is -0.417 e. The van der Waals surface area contributed by atoms with Gasteiger partial charge in [-0.2, -0.15) is 13.2 Å². The van der Waals surface area contributed by atoms with Gasteiger partial charge in [-0.15, -0.1) is 0 Å². The van der Waals surface area contributed by atoms with Gasteiger partial charge in [0.15, 0.2) is 17.8 Å². The smallest absolute Gasteiger partial charge is 0.417 e. The molecule has 2 nitrogen and oxygen atoms in total. The van der Waals surface area contributed by atoms with Crippen molar-refractivity contribution in [2.24, 2.45) is 0 Å². The van der Waals surface area contributed by atoms with Gasteiger partial charge in [0.2, 0.25) is 0 Å². The summed E-state index contributed by atoms with van der Waals surface area (Å²) in [6, 6.07) is 4.43. The molecular weight excluding hydrogens is 253 g/mol. The molecule has 0 bridgehead atoms. The minimum atomic E-state index is -4.42. The summed E-state index contributed by atoms with van der Waals surface area (Å²) in [5.74, 6) is 0.169. The lowest BCUT2D eigenvalue weighted by atomic mass is 9.91. The normalized spacial score (nSPS) is 15.6. The number of carbonyl (C=O) groups excluding carboxylic acids is 1. The predicted molar refractivity (Wildman–Crippen MR) is 58.0 cm³/mol. The molecule has 17 heavy (non-hydrogen) atoms. The zero-order chi connectivity index (χ0) is 12.5. The van der Waals surface area contributed by atoms with Gasteiger partial charge in [-0.25, -0.2) is 0 Å². The lowest BCUT2D eigenvalue weighted by Crippen LogP contribution is -2.10. The number of alkyl halides is 3. The van der Waals surface area contributed by atoms with E-state index in [4.69, 9.17) is 0 Å². The van der Waals surface area contributed by atoms with E-state index in [-0.39, 0.29) is 11.5 Å². The van der Waals surface area contributed by atoms with Gasteiger partial charge in [0.05, 0.1) is 0 Å². The van der Waals surface area contributed by atoms with Crippen LogP contribution in [0.2, 0.25) is 0 Å². The molecular formula is C11H9F3O2S. The third kappa shape index (κ3) is 3.15. The van der Waals surface area contributed by atoms with Crippen molar-refractivity contribution in [2.45, 2.75) is 24.8 Å². The molecule has 1 aliphatic carbocycles. The molecule has 0 unspecified atom stereocenters. The second-order valence-electron chi connectivity index (χ2n) is 3.71. The Morgan fingerprint density at radius 2 is 2.00 bits per heavy atom. The molecule has 0 amide bonds. The summed E-state index contributed by atoms with van der Waals surface area (Å²) in [5.41, 5.74) is -3.06. The Balaban J connectivity index is 2.14. The molecule has 0 saturated heterocycles. The van der Waals surface area contributed by atoms with E-state index in [1.165, 1.54) is 18.2 Å². The molecule has 1 aromatic carbocycles. The maximum atomic E-state index is 11.9. The second-order valence-corrected chi connectivity index (χ2v) is 4.50. The summed E-state index contributed by atoms with van der Waals surface area (Å²) in [6.07, 6.45) is 1.95. The third-order valence-corrected chi connectivity index (χ3v) is 2.92. The van der Waals surface area contributed by atoms with E-state index in [0.29, 0.717) is 18.4 Å². The zero-order valence-electron chi connectivity index (χ0n) is 8.71. The Bertz CT molecular complexity index is 443. The standard InChI is InChI=1S/C11H9F3O2S/c12-11(13,14)17-16-8-4-5-9-7(6-8)2-1-3-10(9)15/h4-6H,1-3H2. The number of ketones is 1. The van der Waals surface area contributed by atoms with E-state index in [1.54, 1.807) is 0 Å². The summed E-state index contributed by atoms with van der Waals surface area (Å²) in [6.45, 7) is 0. The van der Waals surface area contributed by atoms with E-state index < -0.39 is 17.6 Å². The molecule has 0 N–H and O–H groups in total. The number of fused-ring (bicyclic) bond motifs is 1. The molecule has 6 heteroatoms. The summed E-state index contributed by atoms with van der Waals surface area (Å²) >= 11 is -0.547. The fraction of sp³-hybridized carbons (Fsp3) is 0.364. The van der Waals surface area contributed by atoms with Crippen LogP contribution in [0.25, 0.3) is 0 Å². The Morgan fingerprint density at radius 1 is 1.24 bits per heavy atom. The summed E-state index contributed by atoms with van der Waals surface area (Å²) in [7, 11) is 0. The average molecular weight is 262 g/mol. The first-order valence-corrected chi connectivity index (χ1v) is 5.78. The van der Waals surface area contributed by atoms with Gasteiger partial charge in [0.25, 0.3) is 0 Å². The van der Waals surface area contributed by atoms with Crippen molar-refractivity contribution in [1.82, 2.24) is 0 Å². The summed E-state index contributed by atoms with van der Waals surface area (Å²) in [4.78, 5) is 11.5. The highest BCUT2D eigenvalue weighted by Crippen LogP contribution is 2.34. The van der Waals surface area contributed by atoms with Crippen molar-refractivity contribution < 1.29 is 22.1 Å². The zero-order valence-corrected chi connectivity index (χ0v) is 9.53. The van der Waals surface area contributed by atoms with Crippen LogP contribution in [0.3, 0.4) is 0 Å². The Morgan fingerprint density at radius 3 is 2.71 bits per heavy atom. The number of Topliss-reactive ketones (excluding diaryl/α,β-unsaturated/α-hetero) is 1. The predicted octanol–water partition coefficient (Wildman–Crippen LogP) is 3.75. The van der Waals surface area contributed by atoms with Crippen molar-refractivity contribution >= 4 is 17.8 Å². The molecule has 0 radical (unpaired) electrons. The molecule has 1 aliphatic rings. The maximum Gasteiger partial charge on any atom is 0.479 e. The highest BCUT2D eigenvalue weighted by atomic mass is 32.2. The highest BCUT2D eigenvalue weighted by Gasteiger charge is 2.31. The number of hydrogen-bond acceptors (Lipinski definition) is 3. The van der Waals surface area contributed by atoms with Gasteiger partial charge in [0.1, 0.15) is 5.75 Å². The third-order valence-electron chi connectivity index (χ3n) is 2.46. The first-order chi connectivity index (χ1) is 7.96. The first kappa shape index (κ1) is 12.3. The molecule has 92 valence electrons. The van der Waals surface area contributed by atoms with Gasteiger partial charge in [-0.1, -0.05) is 0 Å². The van der Waals surface area contributed by atoms with E-state index in [9.17, 15) is 18.0 Å². The number of benzene rings is 1. The number of hydrogen-bond donors (Lipinski definition) is 0. The summed E-state index contributed by atoms with van der Waals surface area (Å²) < 4.78 is 40.3. The first-order valence-electron chi connectivity index (χ1n) is 5.04. The van der Waals surface area contributed by atoms with Gasteiger partial charge >= 0.3 is 5.51 Å². The topological polar surface area (TPSA) is 26.3 Å². The number of aryl methyl sites for hydroxylation is 1. The van der Waals surface area contributed by atoms with Crippen molar-refractivity contribution in [1.29, 1.82) is 0 Å². The second kappa shape index (κ2) is 4.60. The van der Waals surface area contributed by atoms with Crippen LogP contribution in [0.1, 0.15) is 28.8 Å². The van der Waals surface area contributed by atoms with Gasteiger partial charge < -0.3 is 4.18 Å².